The van der Waals surface area contributed by atoms with E-state index >= 15 is 0 Å². The first kappa shape index (κ1) is 12.6. The summed E-state index contributed by atoms with van der Waals surface area (Å²) in [6, 6.07) is 10.1. The molecular weight excluding hydrogens is 222 g/mol. The minimum Gasteiger partial charge on any atom is -0.321 e. The molecule has 1 aromatic rings. The molecule has 0 unspecified atom stereocenters. The Labute approximate surface area is 109 Å². The van der Waals surface area contributed by atoms with E-state index in [2.05, 4.69) is 36.2 Å². The van der Waals surface area contributed by atoms with Crippen molar-refractivity contribution in [1.82, 2.24) is 0 Å². The van der Waals surface area contributed by atoms with Gasteiger partial charge in [-0.25, -0.2) is 0 Å². The van der Waals surface area contributed by atoms with Crippen molar-refractivity contribution in [1.29, 1.82) is 0 Å². The summed E-state index contributed by atoms with van der Waals surface area (Å²) < 4.78 is 0. The molecule has 1 atom stereocenters. The zero-order valence-corrected chi connectivity index (χ0v) is 11.2. The molecule has 0 aromatic heterocycles. The molecular formula is C16H19NO. The van der Waals surface area contributed by atoms with E-state index in [1.54, 1.807) is 6.92 Å². The van der Waals surface area contributed by atoms with E-state index in [4.69, 9.17) is 0 Å². The zero-order chi connectivity index (χ0) is 13.1. The third-order valence-corrected chi connectivity index (χ3v) is 3.44. The van der Waals surface area contributed by atoms with Gasteiger partial charge in [0, 0.05) is 29.1 Å². The molecule has 0 spiro atoms. The summed E-state index contributed by atoms with van der Waals surface area (Å²) in [5, 5.41) is 0. The van der Waals surface area contributed by atoms with Crippen LogP contribution in [0.3, 0.4) is 0 Å². The normalized spacial score (nSPS) is 19.3. The van der Waals surface area contributed by atoms with E-state index in [0.717, 1.165) is 23.4 Å². The first-order valence-corrected chi connectivity index (χ1v) is 6.39. The second kappa shape index (κ2) is 5.21. The first-order valence-electron chi connectivity index (χ1n) is 6.39. The largest absolute Gasteiger partial charge is 0.321 e. The van der Waals surface area contributed by atoms with E-state index in [0.29, 0.717) is 0 Å². The fraction of sp³-hybridized carbons (Fsp3) is 0.312. The number of allylic oxidation sites excluding steroid dienone is 3. The van der Waals surface area contributed by atoms with E-state index < -0.39 is 0 Å². The van der Waals surface area contributed by atoms with Gasteiger partial charge in [0.15, 0.2) is 5.78 Å². The van der Waals surface area contributed by atoms with Gasteiger partial charge < -0.3 is 4.90 Å². The SMILES string of the molecule is CC[C@@H]1C=CN(c2ccccc2)C(C)=C1C(C)=O. The predicted octanol–water partition coefficient (Wildman–Crippen LogP) is 3.91. The lowest BCUT2D eigenvalue weighted by atomic mass is 9.89. The molecule has 94 valence electrons. The highest BCUT2D eigenvalue weighted by atomic mass is 16.1. The van der Waals surface area contributed by atoms with Gasteiger partial charge in [-0.2, -0.15) is 0 Å². The Morgan fingerprint density at radius 3 is 2.50 bits per heavy atom. The lowest BCUT2D eigenvalue weighted by Crippen LogP contribution is -2.25. The number of Topliss-reactive ketones (excluding diaryl/α,β-unsaturated/α-hetero) is 1. The summed E-state index contributed by atoms with van der Waals surface area (Å²) in [7, 11) is 0. The molecule has 0 N–H and O–H groups in total. The number of nitrogens with zero attached hydrogens (tertiary/aromatic N) is 1. The molecule has 2 rings (SSSR count). The summed E-state index contributed by atoms with van der Waals surface area (Å²) >= 11 is 0. The molecule has 2 heteroatoms. The topological polar surface area (TPSA) is 20.3 Å². The number of carbonyl (C=O) groups excluding carboxylic acids is 1. The average Bonchev–Trinajstić information content (AvgIpc) is 2.38. The van der Waals surface area contributed by atoms with E-state index in [1.165, 1.54) is 0 Å². The molecule has 0 saturated carbocycles. The number of rotatable bonds is 3. The van der Waals surface area contributed by atoms with Crippen LogP contribution in [0, 0.1) is 5.92 Å². The molecule has 2 nitrogen and oxygen atoms in total. The smallest absolute Gasteiger partial charge is 0.158 e. The Kier molecular flexibility index (Phi) is 3.66. The third kappa shape index (κ3) is 2.23. The highest BCUT2D eigenvalue weighted by Crippen LogP contribution is 2.31. The quantitative estimate of drug-likeness (QED) is 0.799. The monoisotopic (exact) mass is 241 g/mol. The molecule has 0 saturated heterocycles. The number of carbonyl (C=O) groups is 1. The van der Waals surface area contributed by atoms with Crippen molar-refractivity contribution in [2.24, 2.45) is 5.92 Å². The van der Waals surface area contributed by atoms with Crippen LogP contribution in [0.25, 0.3) is 0 Å². The summed E-state index contributed by atoms with van der Waals surface area (Å²) in [4.78, 5) is 13.9. The van der Waals surface area contributed by atoms with Crippen molar-refractivity contribution in [3.63, 3.8) is 0 Å². The Balaban J connectivity index is 2.44. The van der Waals surface area contributed by atoms with Crippen LogP contribution in [0.15, 0.2) is 53.9 Å². The van der Waals surface area contributed by atoms with E-state index in [-0.39, 0.29) is 11.7 Å². The molecule has 1 aliphatic rings. The minimum atomic E-state index is 0.171. The van der Waals surface area contributed by atoms with Crippen molar-refractivity contribution in [2.45, 2.75) is 27.2 Å². The maximum absolute atomic E-state index is 11.8. The first-order chi connectivity index (χ1) is 8.65. The second-order valence-electron chi connectivity index (χ2n) is 4.62. The molecule has 0 amide bonds. The van der Waals surface area contributed by atoms with Gasteiger partial charge in [-0.1, -0.05) is 31.2 Å². The number of hydrogen-bond acceptors (Lipinski definition) is 2. The van der Waals surface area contributed by atoms with Crippen LogP contribution in [0.2, 0.25) is 0 Å². The van der Waals surface area contributed by atoms with Crippen LogP contribution < -0.4 is 4.90 Å². The van der Waals surface area contributed by atoms with Gasteiger partial charge in [0.1, 0.15) is 0 Å². The fourth-order valence-electron chi connectivity index (χ4n) is 2.52. The summed E-state index contributed by atoms with van der Waals surface area (Å²) in [5.74, 6) is 0.423. The maximum atomic E-state index is 11.8. The number of benzene rings is 1. The van der Waals surface area contributed by atoms with Crippen molar-refractivity contribution in [2.75, 3.05) is 4.90 Å². The van der Waals surface area contributed by atoms with Gasteiger partial charge >= 0.3 is 0 Å². The van der Waals surface area contributed by atoms with Crippen LogP contribution in [0.5, 0.6) is 0 Å². The standard InChI is InChI=1S/C16H19NO/c1-4-14-10-11-17(12(2)16(14)13(3)18)15-8-6-5-7-9-15/h5-11,14H,4H2,1-3H3/t14-/m1/s1. The van der Waals surface area contributed by atoms with E-state index in [1.807, 2.05) is 25.1 Å². The van der Waals surface area contributed by atoms with Gasteiger partial charge in [-0.3, -0.25) is 4.79 Å². The van der Waals surface area contributed by atoms with Gasteiger partial charge in [-0.15, -0.1) is 0 Å². The molecule has 18 heavy (non-hydrogen) atoms. The summed E-state index contributed by atoms with van der Waals surface area (Å²) in [6.45, 7) is 5.79. The van der Waals surface area contributed by atoms with Gasteiger partial charge in [-0.05, 0) is 32.4 Å². The van der Waals surface area contributed by atoms with Crippen molar-refractivity contribution < 1.29 is 4.79 Å². The van der Waals surface area contributed by atoms with Crippen LogP contribution in [-0.2, 0) is 4.79 Å². The minimum absolute atomic E-state index is 0.171. The highest BCUT2D eigenvalue weighted by molar-refractivity contribution is 5.96. The molecule has 0 bridgehead atoms. The zero-order valence-electron chi connectivity index (χ0n) is 11.2. The lowest BCUT2D eigenvalue weighted by molar-refractivity contribution is -0.114. The number of hydrogen-bond donors (Lipinski definition) is 0. The third-order valence-electron chi connectivity index (χ3n) is 3.44. The number of para-hydroxylation sites is 1. The van der Waals surface area contributed by atoms with Gasteiger partial charge in [0.05, 0.1) is 0 Å². The van der Waals surface area contributed by atoms with E-state index in [9.17, 15) is 4.79 Å². The van der Waals surface area contributed by atoms with Crippen LogP contribution >= 0.6 is 0 Å². The van der Waals surface area contributed by atoms with Crippen molar-refractivity contribution in [3.05, 3.63) is 53.9 Å². The Hall–Kier alpha value is -1.83. The maximum Gasteiger partial charge on any atom is 0.158 e. The van der Waals surface area contributed by atoms with Crippen molar-refractivity contribution in [3.8, 4) is 0 Å². The molecule has 1 aliphatic heterocycles. The van der Waals surface area contributed by atoms with Gasteiger partial charge in [0.2, 0.25) is 0 Å². The molecule has 1 aromatic carbocycles. The van der Waals surface area contributed by atoms with Crippen LogP contribution in [-0.4, -0.2) is 5.78 Å². The average molecular weight is 241 g/mol. The molecule has 0 fully saturated rings. The predicted molar refractivity (Wildman–Crippen MR) is 75.2 cm³/mol. The molecule has 1 heterocycles. The summed E-state index contributed by atoms with van der Waals surface area (Å²) in [6.07, 6.45) is 5.16. The van der Waals surface area contributed by atoms with Crippen LogP contribution in [0.1, 0.15) is 27.2 Å². The Morgan fingerprint density at radius 2 is 1.94 bits per heavy atom. The Morgan fingerprint density at radius 1 is 1.28 bits per heavy atom. The Bertz CT molecular complexity index is 499. The van der Waals surface area contributed by atoms with Crippen molar-refractivity contribution >= 4 is 11.5 Å². The lowest BCUT2D eigenvalue weighted by Gasteiger charge is -2.30. The number of ketones is 1. The fourth-order valence-corrected chi connectivity index (χ4v) is 2.52. The molecule has 0 aliphatic carbocycles. The molecule has 0 radical (unpaired) electrons. The number of anilines is 1. The summed E-state index contributed by atoms with van der Waals surface area (Å²) in [5.41, 5.74) is 3.08. The second-order valence-corrected chi connectivity index (χ2v) is 4.62. The van der Waals surface area contributed by atoms with Gasteiger partial charge in [0.25, 0.3) is 0 Å². The highest BCUT2D eigenvalue weighted by Gasteiger charge is 2.23. The van der Waals surface area contributed by atoms with Crippen LogP contribution in [0.4, 0.5) is 5.69 Å².